The van der Waals surface area contributed by atoms with Crippen molar-refractivity contribution in [2.75, 3.05) is 10.2 Å². The zero-order valence-corrected chi connectivity index (χ0v) is 19.5. The molecular formula is C23H18ClN3O4S2. The highest BCUT2D eigenvalue weighted by atomic mass is 35.5. The number of para-hydroxylation sites is 2. The molecule has 1 fully saturated rings. The fourth-order valence-corrected chi connectivity index (χ4v) is 5.60. The third kappa shape index (κ3) is 5.44. The molecule has 1 atom stereocenters. The summed E-state index contributed by atoms with van der Waals surface area (Å²) in [6.45, 7) is 0. The maximum Gasteiger partial charge on any atom is 0.284 e. The number of thioether (sulfide) groups is 1. The lowest BCUT2D eigenvalue weighted by atomic mass is 10.2. The summed E-state index contributed by atoms with van der Waals surface area (Å²) in [6.07, 6.45) is -0.137. The molecule has 3 aromatic rings. The van der Waals surface area contributed by atoms with Gasteiger partial charge in [0.2, 0.25) is 11.8 Å². The molecule has 10 heteroatoms. The van der Waals surface area contributed by atoms with Gasteiger partial charge in [0, 0.05) is 17.1 Å². The summed E-state index contributed by atoms with van der Waals surface area (Å²) in [5, 5.41) is 2.29. The van der Waals surface area contributed by atoms with Crippen molar-refractivity contribution >= 4 is 61.7 Å². The molecule has 1 heterocycles. The normalized spacial score (nSPS) is 17.4. The fraction of sp³-hybridized carbons (Fsp3) is 0.0870. The lowest BCUT2D eigenvalue weighted by Gasteiger charge is -2.16. The van der Waals surface area contributed by atoms with Crippen molar-refractivity contribution in [3.05, 3.63) is 90.0 Å². The number of anilines is 2. The molecule has 1 saturated heterocycles. The van der Waals surface area contributed by atoms with Gasteiger partial charge in [-0.05, 0) is 48.5 Å². The Morgan fingerprint density at radius 2 is 1.58 bits per heavy atom. The van der Waals surface area contributed by atoms with E-state index >= 15 is 0 Å². The number of amidine groups is 1. The van der Waals surface area contributed by atoms with Crippen LogP contribution < -0.4 is 10.2 Å². The molecule has 1 aliphatic rings. The minimum Gasteiger partial charge on any atom is -0.326 e. The van der Waals surface area contributed by atoms with Gasteiger partial charge in [-0.3, -0.25) is 14.5 Å². The van der Waals surface area contributed by atoms with Crippen molar-refractivity contribution in [3.63, 3.8) is 0 Å². The lowest BCUT2D eigenvalue weighted by Crippen LogP contribution is -2.33. The van der Waals surface area contributed by atoms with Crippen molar-refractivity contribution in [2.24, 2.45) is 4.40 Å². The number of amides is 2. The van der Waals surface area contributed by atoms with Crippen molar-refractivity contribution in [3.8, 4) is 0 Å². The third-order valence-electron chi connectivity index (χ3n) is 4.69. The average Bonchev–Trinajstić information content (AvgIpc) is 3.09. The van der Waals surface area contributed by atoms with Crippen LogP contribution in [-0.2, 0) is 19.6 Å². The molecule has 0 saturated carbocycles. The van der Waals surface area contributed by atoms with Crippen molar-refractivity contribution in [1.82, 2.24) is 0 Å². The number of halogens is 1. The van der Waals surface area contributed by atoms with Crippen LogP contribution in [0.2, 0.25) is 5.02 Å². The zero-order chi connectivity index (χ0) is 23.4. The number of hydrogen-bond acceptors (Lipinski definition) is 5. The van der Waals surface area contributed by atoms with E-state index in [2.05, 4.69) is 9.71 Å². The molecule has 0 aliphatic carbocycles. The first kappa shape index (κ1) is 23.0. The van der Waals surface area contributed by atoms with Gasteiger partial charge in [-0.1, -0.05) is 59.8 Å². The van der Waals surface area contributed by atoms with Crippen molar-refractivity contribution < 1.29 is 18.0 Å². The van der Waals surface area contributed by atoms with Crippen LogP contribution in [0.15, 0.2) is 94.2 Å². The van der Waals surface area contributed by atoms with Crippen LogP contribution in [-0.4, -0.2) is 30.6 Å². The summed E-state index contributed by atoms with van der Waals surface area (Å²) in [4.78, 5) is 26.9. The summed E-state index contributed by atoms with van der Waals surface area (Å²) in [5.74, 6) is -0.777. The van der Waals surface area contributed by atoms with Crippen LogP contribution in [0, 0.1) is 0 Å². The summed E-state index contributed by atoms with van der Waals surface area (Å²) in [7, 11) is -4.11. The Labute approximate surface area is 200 Å². The molecular weight excluding hydrogens is 482 g/mol. The Morgan fingerprint density at radius 3 is 2.21 bits per heavy atom. The molecule has 0 spiro atoms. The van der Waals surface area contributed by atoms with Crippen molar-refractivity contribution in [2.45, 2.75) is 16.6 Å². The van der Waals surface area contributed by atoms with E-state index in [1.165, 1.54) is 29.2 Å². The van der Waals surface area contributed by atoms with Gasteiger partial charge < -0.3 is 5.32 Å². The molecule has 0 radical (unpaired) electrons. The third-order valence-corrected chi connectivity index (χ3v) is 7.47. The number of nitrogens with zero attached hydrogens (tertiary/aromatic N) is 2. The fourth-order valence-electron chi connectivity index (χ4n) is 3.14. The van der Waals surface area contributed by atoms with E-state index in [1.54, 1.807) is 54.6 Å². The summed E-state index contributed by atoms with van der Waals surface area (Å²) < 4.78 is 29.7. The second-order valence-corrected chi connectivity index (χ2v) is 10.2. The van der Waals surface area contributed by atoms with E-state index in [0.29, 0.717) is 16.4 Å². The van der Waals surface area contributed by atoms with Crippen LogP contribution in [0.3, 0.4) is 0 Å². The number of carbonyl (C=O) groups excluding carboxylic acids is 2. The molecule has 3 aromatic carbocycles. The van der Waals surface area contributed by atoms with E-state index in [1.807, 2.05) is 6.07 Å². The SMILES string of the molecule is O=C(C[C@H]1SC(=NS(=O)(=O)c2ccc(Cl)cc2)N(c2ccccc2)C1=O)Nc1ccccc1. The van der Waals surface area contributed by atoms with E-state index < -0.39 is 21.2 Å². The highest BCUT2D eigenvalue weighted by Crippen LogP contribution is 2.35. The maximum atomic E-state index is 13.2. The molecule has 4 rings (SSSR count). The van der Waals surface area contributed by atoms with Gasteiger partial charge >= 0.3 is 0 Å². The van der Waals surface area contributed by atoms with Crippen LogP contribution >= 0.6 is 23.4 Å². The molecule has 33 heavy (non-hydrogen) atoms. The largest absolute Gasteiger partial charge is 0.326 e. The second-order valence-electron chi connectivity index (χ2n) is 7.04. The number of sulfonamides is 1. The van der Waals surface area contributed by atoms with E-state index in [-0.39, 0.29) is 22.4 Å². The van der Waals surface area contributed by atoms with E-state index in [9.17, 15) is 18.0 Å². The Kier molecular flexibility index (Phi) is 6.83. The highest BCUT2D eigenvalue weighted by Gasteiger charge is 2.41. The predicted molar refractivity (Wildman–Crippen MR) is 131 cm³/mol. The second kappa shape index (κ2) is 9.78. The van der Waals surface area contributed by atoms with Gasteiger partial charge in [0.1, 0.15) is 5.25 Å². The molecule has 1 N–H and O–H groups in total. The molecule has 2 amide bonds. The highest BCUT2D eigenvalue weighted by molar-refractivity contribution is 8.16. The molecule has 168 valence electrons. The van der Waals surface area contributed by atoms with Crippen LogP contribution in [0.5, 0.6) is 0 Å². The molecule has 0 unspecified atom stereocenters. The number of rotatable bonds is 6. The lowest BCUT2D eigenvalue weighted by molar-refractivity contribution is -0.121. The number of nitrogens with one attached hydrogen (secondary N) is 1. The van der Waals surface area contributed by atoms with Gasteiger partial charge in [-0.25, -0.2) is 0 Å². The Morgan fingerprint density at radius 1 is 0.970 bits per heavy atom. The molecule has 1 aliphatic heterocycles. The smallest absolute Gasteiger partial charge is 0.284 e. The van der Waals surface area contributed by atoms with Gasteiger partial charge in [0.25, 0.3) is 10.0 Å². The number of carbonyl (C=O) groups is 2. The first-order valence-corrected chi connectivity index (χ1v) is 12.5. The Bertz CT molecular complexity index is 1300. The quantitative estimate of drug-likeness (QED) is 0.536. The monoisotopic (exact) mass is 499 g/mol. The Balaban J connectivity index is 1.63. The van der Waals surface area contributed by atoms with Crippen molar-refractivity contribution in [1.29, 1.82) is 0 Å². The summed E-state index contributed by atoms with van der Waals surface area (Å²) in [6, 6.07) is 23.1. The minimum atomic E-state index is -4.11. The van der Waals surface area contributed by atoms with Gasteiger partial charge in [-0.2, -0.15) is 8.42 Å². The molecule has 7 nitrogen and oxygen atoms in total. The topological polar surface area (TPSA) is 95.9 Å². The zero-order valence-electron chi connectivity index (χ0n) is 17.1. The molecule has 0 aromatic heterocycles. The van der Waals surface area contributed by atoms with E-state index in [0.717, 1.165) is 11.8 Å². The standard InChI is InChI=1S/C23H18ClN3O4S2/c24-16-11-13-19(14-12-16)33(30,31)26-23-27(18-9-5-2-6-10-18)22(29)20(32-23)15-21(28)25-17-7-3-1-4-8-17/h1-14,20H,15H2,(H,25,28)/t20-/m1/s1. The first-order valence-electron chi connectivity index (χ1n) is 9.84. The molecule has 0 bridgehead atoms. The average molecular weight is 500 g/mol. The predicted octanol–water partition coefficient (Wildman–Crippen LogP) is 4.56. The van der Waals surface area contributed by atoms with Crippen LogP contribution in [0.4, 0.5) is 11.4 Å². The number of benzene rings is 3. The first-order chi connectivity index (χ1) is 15.8. The van der Waals surface area contributed by atoms with Crippen LogP contribution in [0.25, 0.3) is 0 Å². The van der Waals surface area contributed by atoms with Crippen LogP contribution in [0.1, 0.15) is 6.42 Å². The van der Waals surface area contributed by atoms with Gasteiger partial charge in [-0.15, -0.1) is 4.40 Å². The van der Waals surface area contributed by atoms with E-state index in [4.69, 9.17) is 11.6 Å². The van der Waals surface area contributed by atoms with Gasteiger partial charge in [0.05, 0.1) is 10.6 Å². The summed E-state index contributed by atoms with van der Waals surface area (Å²) >= 11 is 6.80. The van der Waals surface area contributed by atoms with Gasteiger partial charge in [0.15, 0.2) is 5.17 Å². The maximum absolute atomic E-state index is 13.2. The number of hydrogen-bond donors (Lipinski definition) is 1. The minimum absolute atomic E-state index is 0.0151. The summed E-state index contributed by atoms with van der Waals surface area (Å²) in [5.41, 5.74) is 1.07. The Hall–Kier alpha value is -3.14.